The molecular formula is C21H19Cl2N3O2. The molecule has 1 N–H and O–H groups in total. The molecule has 2 aromatic carbocycles. The Balaban J connectivity index is 2.35. The molecule has 0 spiro atoms. The van der Waals surface area contributed by atoms with E-state index in [9.17, 15) is 9.59 Å². The molecule has 0 saturated carbocycles. The van der Waals surface area contributed by atoms with Gasteiger partial charge in [-0.25, -0.2) is 4.68 Å². The molecule has 0 fully saturated rings. The van der Waals surface area contributed by atoms with Crippen LogP contribution in [0.5, 0.6) is 0 Å². The highest BCUT2D eigenvalue weighted by Crippen LogP contribution is 2.32. The summed E-state index contributed by atoms with van der Waals surface area (Å²) in [7, 11) is 0. The number of nitrogens with zero attached hydrogens (tertiary/aromatic N) is 2. The van der Waals surface area contributed by atoms with Crippen molar-refractivity contribution in [1.82, 2.24) is 9.78 Å². The van der Waals surface area contributed by atoms with Gasteiger partial charge in [0, 0.05) is 22.0 Å². The lowest BCUT2D eigenvalue weighted by Crippen LogP contribution is -2.24. The molecule has 0 radical (unpaired) electrons. The normalized spacial score (nSPS) is 10.7. The first-order valence-corrected chi connectivity index (χ1v) is 9.62. The number of anilines is 1. The summed E-state index contributed by atoms with van der Waals surface area (Å²) >= 11 is 12.5. The van der Waals surface area contributed by atoms with Gasteiger partial charge in [-0.15, -0.1) is 0 Å². The Morgan fingerprint density at radius 2 is 1.89 bits per heavy atom. The second kappa shape index (κ2) is 8.59. The number of carbonyl (C=O) groups is 1. The highest BCUT2D eigenvalue weighted by atomic mass is 35.5. The molecule has 0 aliphatic rings. The number of nitrogens with one attached hydrogen (secondary N) is 1. The van der Waals surface area contributed by atoms with E-state index in [2.05, 4.69) is 10.4 Å². The number of hydrogen-bond donors (Lipinski definition) is 1. The third kappa shape index (κ3) is 4.11. The van der Waals surface area contributed by atoms with Crippen LogP contribution < -0.4 is 10.7 Å². The maximum absolute atomic E-state index is 13.0. The molecular weight excluding hydrogens is 397 g/mol. The zero-order chi connectivity index (χ0) is 20.3. The molecule has 1 aromatic heterocycles. The van der Waals surface area contributed by atoms with Gasteiger partial charge >= 0.3 is 0 Å². The topological polar surface area (TPSA) is 64.0 Å². The first kappa shape index (κ1) is 20.1. The van der Waals surface area contributed by atoms with Crippen LogP contribution in [0.2, 0.25) is 10.0 Å². The van der Waals surface area contributed by atoms with Crippen molar-refractivity contribution in [3.05, 3.63) is 74.5 Å². The Morgan fingerprint density at radius 1 is 1.14 bits per heavy atom. The number of aryl methyl sites for hydroxylation is 1. The van der Waals surface area contributed by atoms with Crippen molar-refractivity contribution in [2.45, 2.75) is 26.7 Å². The van der Waals surface area contributed by atoms with Crippen LogP contribution in [0.15, 0.2) is 53.3 Å². The largest absolute Gasteiger partial charge is 0.310 e. The predicted molar refractivity (Wildman–Crippen MR) is 114 cm³/mol. The average Bonchev–Trinajstić information content (AvgIpc) is 2.66. The van der Waals surface area contributed by atoms with Crippen molar-refractivity contribution in [2.24, 2.45) is 0 Å². The number of hydrogen-bond acceptors (Lipinski definition) is 3. The fourth-order valence-electron chi connectivity index (χ4n) is 2.89. The summed E-state index contributed by atoms with van der Waals surface area (Å²) in [6.07, 6.45) is 0.994. The summed E-state index contributed by atoms with van der Waals surface area (Å²) in [5.41, 5.74) is 1.43. The summed E-state index contributed by atoms with van der Waals surface area (Å²) < 4.78 is 1.52. The van der Waals surface area contributed by atoms with Crippen LogP contribution >= 0.6 is 23.2 Å². The van der Waals surface area contributed by atoms with E-state index in [0.29, 0.717) is 39.7 Å². The highest BCUT2D eigenvalue weighted by Gasteiger charge is 2.21. The molecule has 1 amide bonds. The third-order valence-corrected chi connectivity index (χ3v) is 4.75. The zero-order valence-corrected chi connectivity index (χ0v) is 17.0. The number of benzene rings is 2. The lowest BCUT2D eigenvalue weighted by molar-refractivity contribution is -0.116. The Bertz CT molecular complexity index is 1090. The van der Waals surface area contributed by atoms with Crippen molar-refractivity contribution in [3.8, 4) is 16.8 Å². The first-order valence-electron chi connectivity index (χ1n) is 8.87. The fraction of sp³-hybridized carbons (Fsp3) is 0.190. The van der Waals surface area contributed by atoms with Crippen LogP contribution in [0.3, 0.4) is 0 Å². The second-order valence-corrected chi connectivity index (χ2v) is 7.15. The van der Waals surface area contributed by atoms with E-state index in [-0.39, 0.29) is 22.8 Å². The van der Waals surface area contributed by atoms with Crippen LogP contribution in [-0.4, -0.2) is 15.7 Å². The standard InChI is InChI=1S/C21H19Cl2N3O2/c1-3-7-18(27)24-21-19(16-10-4-5-11-17(16)23)20(28)13(2)25-26(21)15-9-6-8-14(22)12-15/h4-6,8-12H,3,7H2,1-2H3,(H,24,27). The minimum absolute atomic E-state index is 0.211. The SMILES string of the molecule is CCCC(=O)Nc1c(-c2ccccc2Cl)c(=O)c(C)nn1-c1cccc(Cl)c1. The van der Waals surface area contributed by atoms with Gasteiger partial charge in [-0.3, -0.25) is 9.59 Å². The zero-order valence-electron chi connectivity index (χ0n) is 15.5. The van der Waals surface area contributed by atoms with Crippen LogP contribution in [-0.2, 0) is 4.79 Å². The molecule has 3 rings (SSSR count). The average molecular weight is 416 g/mol. The van der Waals surface area contributed by atoms with Gasteiger partial charge in [-0.2, -0.15) is 5.10 Å². The minimum atomic E-state index is -0.293. The summed E-state index contributed by atoms with van der Waals surface area (Å²) in [5, 5.41) is 8.18. The van der Waals surface area contributed by atoms with Crippen molar-refractivity contribution in [2.75, 3.05) is 5.32 Å². The van der Waals surface area contributed by atoms with E-state index in [1.54, 1.807) is 55.5 Å². The molecule has 0 bridgehead atoms. The van der Waals surface area contributed by atoms with Gasteiger partial charge in [0.2, 0.25) is 11.3 Å². The molecule has 144 valence electrons. The van der Waals surface area contributed by atoms with Crippen molar-refractivity contribution in [3.63, 3.8) is 0 Å². The van der Waals surface area contributed by atoms with E-state index < -0.39 is 0 Å². The lowest BCUT2D eigenvalue weighted by Gasteiger charge is -2.19. The molecule has 0 aliphatic carbocycles. The minimum Gasteiger partial charge on any atom is -0.310 e. The maximum atomic E-state index is 13.0. The van der Waals surface area contributed by atoms with Crippen molar-refractivity contribution < 1.29 is 4.79 Å². The summed E-state index contributed by atoms with van der Waals surface area (Å²) in [5.74, 6) is 0.0565. The van der Waals surface area contributed by atoms with Gasteiger partial charge in [-0.05, 0) is 37.6 Å². The fourth-order valence-corrected chi connectivity index (χ4v) is 3.30. The molecule has 5 nitrogen and oxygen atoms in total. The summed E-state index contributed by atoms with van der Waals surface area (Å²) in [6, 6.07) is 14.1. The van der Waals surface area contributed by atoms with Gasteiger partial charge < -0.3 is 5.32 Å². The van der Waals surface area contributed by atoms with Gasteiger partial charge in [-0.1, -0.05) is 54.4 Å². The number of amides is 1. The molecule has 0 unspecified atom stereocenters. The first-order chi connectivity index (χ1) is 13.4. The molecule has 0 atom stereocenters. The maximum Gasteiger partial charge on any atom is 0.225 e. The summed E-state index contributed by atoms with van der Waals surface area (Å²) in [6.45, 7) is 3.54. The Labute approximate surface area is 172 Å². The molecule has 0 aliphatic heterocycles. The number of rotatable bonds is 5. The Morgan fingerprint density at radius 3 is 2.57 bits per heavy atom. The summed E-state index contributed by atoms with van der Waals surface area (Å²) in [4.78, 5) is 25.4. The number of carbonyl (C=O) groups excluding carboxylic acids is 1. The van der Waals surface area contributed by atoms with Gasteiger partial charge in [0.25, 0.3) is 0 Å². The van der Waals surface area contributed by atoms with Gasteiger partial charge in [0.15, 0.2) is 0 Å². The van der Waals surface area contributed by atoms with Crippen LogP contribution in [0.4, 0.5) is 5.82 Å². The Hall–Kier alpha value is -2.63. The van der Waals surface area contributed by atoms with Crippen LogP contribution in [0.1, 0.15) is 25.5 Å². The van der Waals surface area contributed by atoms with Crippen LogP contribution in [0.25, 0.3) is 16.8 Å². The quantitative estimate of drug-likeness (QED) is 0.618. The molecule has 0 saturated heterocycles. The lowest BCUT2D eigenvalue weighted by atomic mass is 10.0. The van der Waals surface area contributed by atoms with E-state index in [0.717, 1.165) is 0 Å². The molecule has 7 heteroatoms. The number of halogens is 2. The second-order valence-electron chi connectivity index (χ2n) is 6.31. The smallest absolute Gasteiger partial charge is 0.225 e. The van der Waals surface area contributed by atoms with Gasteiger partial charge in [0.05, 0.1) is 11.3 Å². The van der Waals surface area contributed by atoms with Crippen molar-refractivity contribution in [1.29, 1.82) is 0 Å². The monoisotopic (exact) mass is 415 g/mol. The van der Waals surface area contributed by atoms with E-state index in [4.69, 9.17) is 23.2 Å². The number of aromatic nitrogens is 2. The van der Waals surface area contributed by atoms with E-state index >= 15 is 0 Å². The van der Waals surface area contributed by atoms with E-state index in [1.807, 2.05) is 6.92 Å². The predicted octanol–water partition coefficient (Wildman–Crippen LogP) is 5.25. The van der Waals surface area contributed by atoms with E-state index in [1.165, 1.54) is 4.68 Å². The van der Waals surface area contributed by atoms with Gasteiger partial charge in [0.1, 0.15) is 11.5 Å². The third-order valence-electron chi connectivity index (χ3n) is 4.19. The Kier molecular flexibility index (Phi) is 6.17. The molecule has 1 heterocycles. The van der Waals surface area contributed by atoms with Crippen LogP contribution in [0, 0.1) is 6.92 Å². The highest BCUT2D eigenvalue weighted by molar-refractivity contribution is 6.33. The van der Waals surface area contributed by atoms with Crippen molar-refractivity contribution >= 4 is 34.9 Å². The molecule has 3 aromatic rings. The molecule has 28 heavy (non-hydrogen) atoms.